The predicted molar refractivity (Wildman–Crippen MR) is 108 cm³/mol. The standard InChI is InChI=1S/C21H18FN5O2/c1-12(2)27-11-16(14-5-7-23-10-19(14)27)18-6-8-24-21(26-18)25-13-3-4-17(22)15(9-13)20(28)29/h3-12H,1-2H3,(H,28,29)(H,24,25,26). The molecule has 0 atom stereocenters. The van der Waals surface area contributed by atoms with Gasteiger partial charge in [0.25, 0.3) is 0 Å². The Morgan fingerprint density at radius 3 is 2.79 bits per heavy atom. The zero-order valence-electron chi connectivity index (χ0n) is 15.8. The predicted octanol–water partition coefficient (Wildman–Crippen LogP) is 4.66. The maximum Gasteiger partial charge on any atom is 0.338 e. The van der Waals surface area contributed by atoms with Gasteiger partial charge in [-0.15, -0.1) is 0 Å². The van der Waals surface area contributed by atoms with E-state index in [1.165, 1.54) is 12.1 Å². The molecule has 0 saturated carbocycles. The molecule has 4 rings (SSSR count). The van der Waals surface area contributed by atoms with Gasteiger partial charge in [0.15, 0.2) is 0 Å². The number of carboxylic acids is 1. The van der Waals surface area contributed by atoms with Crippen molar-refractivity contribution < 1.29 is 14.3 Å². The second kappa shape index (κ2) is 7.31. The number of nitrogens with zero attached hydrogens (tertiary/aromatic N) is 4. The van der Waals surface area contributed by atoms with E-state index in [0.29, 0.717) is 11.4 Å². The lowest BCUT2D eigenvalue weighted by Crippen LogP contribution is -2.03. The number of nitrogens with one attached hydrogen (secondary N) is 1. The molecule has 0 unspecified atom stereocenters. The molecule has 0 aliphatic rings. The summed E-state index contributed by atoms with van der Waals surface area (Å²) in [6, 6.07) is 7.75. The number of hydrogen-bond donors (Lipinski definition) is 2. The SMILES string of the molecule is CC(C)n1cc(-c2ccnc(Nc3ccc(F)c(C(=O)O)c3)n2)c2ccncc21. The summed E-state index contributed by atoms with van der Waals surface area (Å²) in [5.41, 5.74) is 2.62. The van der Waals surface area contributed by atoms with Crippen molar-refractivity contribution in [1.82, 2.24) is 19.5 Å². The number of rotatable bonds is 5. The molecule has 7 nitrogen and oxygen atoms in total. The highest BCUT2D eigenvalue weighted by atomic mass is 19.1. The van der Waals surface area contributed by atoms with E-state index in [9.17, 15) is 9.18 Å². The highest BCUT2D eigenvalue weighted by Crippen LogP contribution is 2.31. The van der Waals surface area contributed by atoms with Gasteiger partial charge in [-0.25, -0.2) is 19.2 Å². The maximum absolute atomic E-state index is 13.6. The molecule has 8 heteroatoms. The van der Waals surface area contributed by atoms with Crippen LogP contribution < -0.4 is 5.32 Å². The van der Waals surface area contributed by atoms with E-state index in [1.54, 1.807) is 18.5 Å². The number of carboxylic acid groups (broad SMARTS) is 1. The van der Waals surface area contributed by atoms with Crippen molar-refractivity contribution in [1.29, 1.82) is 0 Å². The van der Waals surface area contributed by atoms with Crippen LogP contribution in [0, 0.1) is 5.82 Å². The number of benzene rings is 1. The van der Waals surface area contributed by atoms with E-state index in [1.807, 2.05) is 18.5 Å². The van der Waals surface area contributed by atoms with Gasteiger partial charge in [-0.2, -0.15) is 0 Å². The maximum atomic E-state index is 13.6. The Morgan fingerprint density at radius 2 is 2.03 bits per heavy atom. The van der Waals surface area contributed by atoms with E-state index in [-0.39, 0.29) is 12.0 Å². The highest BCUT2D eigenvalue weighted by Gasteiger charge is 2.15. The summed E-state index contributed by atoms with van der Waals surface area (Å²) in [6.45, 7) is 4.19. The topological polar surface area (TPSA) is 92.9 Å². The van der Waals surface area contributed by atoms with Crippen LogP contribution in [0.1, 0.15) is 30.2 Å². The lowest BCUT2D eigenvalue weighted by molar-refractivity contribution is 0.0692. The van der Waals surface area contributed by atoms with Gasteiger partial charge in [-0.05, 0) is 44.2 Å². The monoisotopic (exact) mass is 391 g/mol. The minimum atomic E-state index is -1.34. The number of fused-ring (bicyclic) bond motifs is 1. The molecule has 1 aromatic carbocycles. The fraction of sp³-hybridized carbons (Fsp3) is 0.143. The van der Waals surface area contributed by atoms with Gasteiger partial charge in [-0.3, -0.25) is 4.98 Å². The Kier molecular flexibility index (Phi) is 4.67. The summed E-state index contributed by atoms with van der Waals surface area (Å²) in [7, 11) is 0. The number of hydrogen-bond acceptors (Lipinski definition) is 5. The molecule has 0 aliphatic carbocycles. The van der Waals surface area contributed by atoms with Crippen LogP contribution >= 0.6 is 0 Å². The summed E-state index contributed by atoms with van der Waals surface area (Å²) in [5.74, 6) is -1.85. The Labute approximate surface area is 165 Å². The third kappa shape index (κ3) is 3.52. The molecule has 0 saturated heterocycles. The first-order valence-corrected chi connectivity index (χ1v) is 9.02. The molecule has 0 fully saturated rings. The molecule has 0 spiro atoms. The average Bonchev–Trinajstić information content (AvgIpc) is 3.09. The molecule has 0 aliphatic heterocycles. The quantitative estimate of drug-likeness (QED) is 0.514. The van der Waals surface area contributed by atoms with Crippen LogP contribution in [0.4, 0.5) is 16.0 Å². The first-order valence-electron chi connectivity index (χ1n) is 9.02. The molecule has 3 heterocycles. The first-order chi connectivity index (χ1) is 13.9. The van der Waals surface area contributed by atoms with E-state index in [4.69, 9.17) is 5.11 Å². The molecule has 0 bridgehead atoms. The molecular weight excluding hydrogens is 373 g/mol. The Morgan fingerprint density at radius 1 is 1.21 bits per heavy atom. The van der Waals surface area contributed by atoms with Crippen LogP contribution in [0.25, 0.3) is 22.2 Å². The molecule has 146 valence electrons. The molecule has 0 amide bonds. The summed E-state index contributed by atoms with van der Waals surface area (Å²) < 4.78 is 15.7. The van der Waals surface area contributed by atoms with Crippen LogP contribution in [-0.4, -0.2) is 30.6 Å². The fourth-order valence-corrected chi connectivity index (χ4v) is 3.19. The van der Waals surface area contributed by atoms with Crippen molar-refractivity contribution in [3.8, 4) is 11.3 Å². The van der Waals surface area contributed by atoms with Crippen LogP contribution in [0.5, 0.6) is 0 Å². The van der Waals surface area contributed by atoms with Crippen molar-refractivity contribution in [2.24, 2.45) is 0 Å². The molecule has 29 heavy (non-hydrogen) atoms. The normalized spacial score (nSPS) is 11.2. The second-order valence-corrected chi connectivity index (χ2v) is 6.83. The van der Waals surface area contributed by atoms with E-state index in [0.717, 1.165) is 22.5 Å². The molecule has 0 radical (unpaired) electrons. The van der Waals surface area contributed by atoms with Crippen molar-refractivity contribution in [2.45, 2.75) is 19.9 Å². The number of aromatic carboxylic acids is 1. The largest absolute Gasteiger partial charge is 0.478 e. The smallest absolute Gasteiger partial charge is 0.338 e. The third-order valence-corrected chi connectivity index (χ3v) is 4.58. The Hall–Kier alpha value is -3.81. The fourth-order valence-electron chi connectivity index (χ4n) is 3.19. The summed E-state index contributed by atoms with van der Waals surface area (Å²) in [4.78, 5) is 24.1. The summed E-state index contributed by atoms with van der Waals surface area (Å²) in [5, 5.41) is 13.1. The molecule has 3 aromatic heterocycles. The summed E-state index contributed by atoms with van der Waals surface area (Å²) in [6.07, 6.45) is 7.21. The van der Waals surface area contributed by atoms with E-state index < -0.39 is 17.3 Å². The van der Waals surface area contributed by atoms with Crippen molar-refractivity contribution in [3.05, 3.63) is 66.5 Å². The summed E-state index contributed by atoms with van der Waals surface area (Å²) >= 11 is 0. The number of anilines is 2. The van der Waals surface area contributed by atoms with Crippen molar-refractivity contribution in [3.63, 3.8) is 0 Å². The van der Waals surface area contributed by atoms with Crippen LogP contribution in [-0.2, 0) is 0 Å². The highest BCUT2D eigenvalue weighted by molar-refractivity contribution is 5.95. The van der Waals surface area contributed by atoms with Gasteiger partial charge in [0.2, 0.25) is 5.95 Å². The average molecular weight is 391 g/mol. The molecule has 2 N–H and O–H groups in total. The van der Waals surface area contributed by atoms with Crippen LogP contribution in [0.3, 0.4) is 0 Å². The number of halogens is 1. The first kappa shape index (κ1) is 18.5. The lowest BCUT2D eigenvalue weighted by Gasteiger charge is -2.08. The van der Waals surface area contributed by atoms with Crippen molar-refractivity contribution >= 4 is 28.5 Å². The van der Waals surface area contributed by atoms with Crippen LogP contribution in [0.2, 0.25) is 0 Å². The molecule has 4 aromatic rings. The van der Waals surface area contributed by atoms with E-state index in [2.05, 4.69) is 38.7 Å². The van der Waals surface area contributed by atoms with Gasteiger partial charge in [0.05, 0.1) is 23.0 Å². The molecular formula is C21H18FN5O2. The minimum Gasteiger partial charge on any atom is -0.478 e. The lowest BCUT2D eigenvalue weighted by atomic mass is 10.1. The van der Waals surface area contributed by atoms with Gasteiger partial charge < -0.3 is 15.0 Å². The van der Waals surface area contributed by atoms with Gasteiger partial charge in [0.1, 0.15) is 5.82 Å². The Bertz CT molecular complexity index is 1220. The Balaban J connectivity index is 1.73. The van der Waals surface area contributed by atoms with Gasteiger partial charge >= 0.3 is 5.97 Å². The van der Waals surface area contributed by atoms with Gasteiger partial charge in [-0.1, -0.05) is 0 Å². The zero-order valence-corrected chi connectivity index (χ0v) is 15.8. The number of pyridine rings is 1. The number of carbonyl (C=O) groups is 1. The second-order valence-electron chi connectivity index (χ2n) is 6.83. The van der Waals surface area contributed by atoms with Crippen LogP contribution in [0.15, 0.2) is 55.1 Å². The number of aromatic nitrogens is 4. The minimum absolute atomic E-state index is 0.253. The van der Waals surface area contributed by atoms with E-state index >= 15 is 0 Å². The van der Waals surface area contributed by atoms with Crippen molar-refractivity contribution in [2.75, 3.05) is 5.32 Å². The third-order valence-electron chi connectivity index (χ3n) is 4.58. The zero-order chi connectivity index (χ0) is 20.5. The van der Waals surface area contributed by atoms with Gasteiger partial charge in [0, 0.05) is 41.3 Å².